The molecule has 1 N–H and O–H groups in total. The zero-order valence-corrected chi connectivity index (χ0v) is 14.9. The molecule has 0 bridgehead atoms. The largest absolute Gasteiger partial charge is 0.339 e. The number of anilines is 1. The fourth-order valence-corrected chi connectivity index (χ4v) is 3.30. The van der Waals surface area contributed by atoms with Gasteiger partial charge < -0.3 is 10.2 Å². The maximum Gasteiger partial charge on any atom is 0.257 e. The van der Waals surface area contributed by atoms with Crippen LogP contribution in [0.5, 0.6) is 0 Å². The number of hydrogen-bond donors (Lipinski definition) is 1. The van der Waals surface area contributed by atoms with Gasteiger partial charge in [0, 0.05) is 23.7 Å². The van der Waals surface area contributed by atoms with E-state index in [1.807, 2.05) is 26.2 Å². The molecule has 0 atom stereocenters. The third-order valence-electron chi connectivity index (χ3n) is 3.57. The smallest absolute Gasteiger partial charge is 0.257 e. The molecule has 23 heavy (non-hydrogen) atoms. The van der Waals surface area contributed by atoms with Crippen molar-refractivity contribution in [3.05, 3.63) is 51.4 Å². The van der Waals surface area contributed by atoms with Crippen molar-refractivity contribution in [2.75, 3.05) is 18.4 Å². The monoisotopic (exact) mass is 350 g/mol. The van der Waals surface area contributed by atoms with E-state index >= 15 is 0 Å². The molecule has 2 amide bonds. The molecule has 0 aliphatic heterocycles. The second kappa shape index (κ2) is 7.62. The van der Waals surface area contributed by atoms with Gasteiger partial charge in [0.05, 0.1) is 5.56 Å². The predicted octanol–water partition coefficient (Wildman–Crippen LogP) is 4.44. The molecule has 0 radical (unpaired) electrons. The van der Waals surface area contributed by atoms with Gasteiger partial charge in [0.15, 0.2) is 0 Å². The second-order valence-corrected chi connectivity index (χ2v) is 6.38. The van der Waals surface area contributed by atoms with Crippen LogP contribution in [-0.2, 0) is 0 Å². The van der Waals surface area contributed by atoms with Gasteiger partial charge in [-0.1, -0.05) is 11.6 Å². The minimum atomic E-state index is -0.253. The van der Waals surface area contributed by atoms with E-state index in [1.54, 1.807) is 29.2 Å². The van der Waals surface area contributed by atoms with Crippen LogP contribution in [0.2, 0.25) is 5.02 Å². The number of nitrogens with zero attached hydrogens (tertiary/aromatic N) is 1. The minimum Gasteiger partial charge on any atom is -0.339 e. The molecule has 0 saturated heterocycles. The Labute approximate surface area is 145 Å². The van der Waals surface area contributed by atoms with Crippen molar-refractivity contribution in [2.24, 2.45) is 0 Å². The van der Waals surface area contributed by atoms with Crippen LogP contribution < -0.4 is 5.32 Å². The average Bonchev–Trinajstić information content (AvgIpc) is 2.89. The number of rotatable bonds is 5. The van der Waals surface area contributed by atoms with Gasteiger partial charge in [0.25, 0.3) is 11.8 Å². The van der Waals surface area contributed by atoms with Crippen molar-refractivity contribution in [1.29, 1.82) is 0 Å². The number of carbonyl (C=O) groups is 2. The van der Waals surface area contributed by atoms with Crippen molar-refractivity contribution >= 4 is 39.8 Å². The van der Waals surface area contributed by atoms with Gasteiger partial charge in [-0.05, 0) is 56.0 Å². The van der Waals surface area contributed by atoms with Crippen LogP contribution in [-0.4, -0.2) is 29.8 Å². The number of halogens is 1. The third kappa shape index (κ3) is 3.92. The number of thiophene rings is 1. The molecule has 0 aliphatic carbocycles. The Hall–Kier alpha value is -1.85. The Morgan fingerprint density at radius 1 is 1.17 bits per heavy atom. The van der Waals surface area contributed by atoms with E-state index in [0.717, 1.165) is 5.56 Å². The van der Waals surface area contributed by atoms with Crippen molar-refractivity contribution in [3.63, 3.8) is 0 Å². The predicted molar refractivity (Wildman–Crippen MR) is 95.7 cm³/mol. The van der Waals surface area contributed by atoms with Crippen LogP contribution >= 0.6 is 22.9 Å². The van der Waals surface area contributed by atoms with E-state index in [0.29, 0.717) is 34.2 Å². The van der Waals surface area contributed by atoms with Crippen LogP contribution in [0.3, 0.4) is 0 Å². The maximum atomic E-state index is 12.6. The Balaban J connectivity index is 2.26. The molecule has 1 aromatic heterocycles. The molecule has 4 nitrogen and oxygen atoms in total. The molecule has 1 heterocycles. The highest BCUT2D eigenvalue weighted by Crippen LogP contribution is 2.29. The summed E-state index contributed by atoms with van der Waals surface area (Å²) in [5, 5.41) is 5.88. The number of nitrogens with one attached hydrogen (secondary N) is 1. The van der Waals surface area contributed by atoms with Gasteiger partial charge in [0.2, 0.25) is 0 Å². The van der Waals surface area contributed by atoms with Gasteiger partial charge in [-0.2, -0.15) is 0 Å². The first-order chi connectivity index (χ1) is 11.0. The van der Waals surface area contributed by atoms with Crippen molar-refractivity contribution in [2.45, 2.75) is 20.8 Å². The van der Waals surface area contributed by atoms with Gasteiger partial charge >= 0.3 is 0 Å². The van der Waals surface area contributed by atoms with Crippen LogP contribution in [0.1, 0.15) is 40.1 Å². The molecule has 6 heteroatoms. The lowest BCUT2D eigenvalue weighted by molar-refractivity contribution is 0.0774. The van der Waals surface area contributed by atoms with Crippen LogP contribution in [0, 0.1) is 6.92 Å². The molecule has 2 aromatic rings. The summed E-state index contributed by atoms with van der Waals surface area (Å²) in [5.41, 5.74) is 1.95. The molecule has 0 aliphatic rings. The zero-order chi connectivity index (χ0) is 17.0. The van der Waals surface area contributed by atoms with E-state index in [9.17, 15) is 9.59 Å². The maximum absolute atomic E-state index is 12.6. The van der Waals surface area contributed by atoms with Crippen LogP contribution in [0.25, 0.3) is 0 Å². The van der Waals surface area contributed by atoms with Gasteiger partial charge in [-0.15, -0.1) is 11.3 Å². The number of hydrogen-bond acceptors (Lipinski definition) is 3. The molecule has 0 saturated carbocycles. The van der Waals surface area contributed by atoms with Gasteiger partial charge in [0.1, 0.15) is 5.00 Å². The lowest BCUT2D eigenvalue weighted by atomic mass is 10.1. The fourth-order valence-electron chi connectivity index (χ4n) is 2.25. The topological polar surface area (TPSA) is 49.4 Å². The number of carbonyl (C=O) groups excluding carboxylic acids is 2. The van der Waals surface area contributed by atoms with Crippen molar-refractivity contribution < 1.29 is 9.59 Å². The van der Waals surface area contributed by atoms with E-state index < -0.39 is 0 Å². The van der Waals surface area contributed by atoms with Gasteiger partial charge in [-0.3, -0.25) is 9.59 Å². The summed E-state index contributed by atoms with van der Waals surface area (Å²) in [6, 6.07) is 6.64. The Kier molecular flexibility index (Phi) is 5.80. The highest BCUT2D eigenvalue weighted by Gasteiger charge is 2.22. The van der Waals surface area contributed by atoms with Crippen molar-refractivity contribution in [3.8, 4) is 0 Å². The highest BCUT2D eigenvalue weighted by atomic mass is 35.5. The molecule has 0 fully saturated rings. The first-order valence-electron chi connectivity index (χ1n) is 7.42. The summed E-state index contributed by atoms with van der Waals surface area (Å²) in [5.74, 6) is -0.308. The molecule has 122 valence electrons. The minimum absolute atomic E-state index is 0.0554. The van der Waals surface area contributed by atoms with E-state index in [-0.39, 0.29) is 11.8 Å². The first kappa shape index (κ1) is 17.5. The summed E-state index contributed by atoms with van der Waals surface area (Å²) in [7, 11) is 0. The van der Waals surface area contributed by atoms with Crippen molar-refractivity contribution in [1.82, 2.24) is 4.90 Å². The second-order valence-electron chi connectivity index (χ2n) is 5.06. The summed E-state index contributed by atoms with van der Waals surface area (Å²) in [6.45, 7) is 7.03. The molecule has 0 spiro atoms. The van der Waals surface area contributed by atoms with Crippen LogP contribution in [0.4, 0.5) is 5.00 Å². The van der Waals surface area contributed by atoms with Crippen LogP contribution in [0.15, 0.2) is 29.6 Å². The first-order valence-corrected chi connectivity index (χ1v) is 8.67. The lowest BCUT2D eigenvalue weighted by Gasteiger charge is -2.19. The SMILES string of the molecule is CCN(CC)C(=O)c1c(C)csc1NC(=O)c1ccc(Cl)cc1. The van der Waals surface area contributed by atoms with E-state index in [2.05, 4.69) is 5.32 Å². The normalized spacial score (nSPS) is 10.4. The van der Waals surface area contributed by atoms with Gasteiger partial charge in [-0.25, -0.2) is 0 Å². The molecular formula is C17H19ClN2O2S. The Morgan fingerprint density at radius 3 is 2.35 bits per heavy atom. The van der Waals surface area contributed by atoms with E-state index in [1.165, 1.54) is 11.3 Å². The summed E-state index contributed by atoms with van der Waals surface area (Å²) in [6.07, 6.45) is 0. The zero-order valence-electron chi connectivity index (χ0n) is 13.4. The standard InChI is InChI=1S/C17H19ClN2O2S/c1-4-20(5-2)17(22)14-11(3)10-23-16(14)19-15(21)12-6-8-13(18)9-7-12/h6-10H,4-5H2,1-3H3,(H,19,21). The Morgan fingerprint density at radius 2 is 1.78 bits per heavy atom. The third-order valence-corrected chi connectivity index (χ3v) is 4.84. The summed E-state index contributed by atoms with van der Waals surface area (Å²) < 4.78 is 0. The number of benzene rings is 1. The lowest BCUT2D eigenvalue weighted by Crippen LogP contribution is -2.31. The average molecular weight is 351 g/mol. The summed E-state index contributed by atoms with van der Waals surface area (Å²) in [4.78, 5) is 26.7. The van der Waals surface area contributed by atoms with E-state index in [4.69, 9.17) is 11.6 Å². The molecule has 0 unspecified atom stereocenters. The fraction of sp³-hybridized carbons (Fsp3) is 0.294. The summed E-state index contributed by atoms with van der Waals surface area (Å²) >= 11 is 7.20. The number of aryl methyl sites for hydroxylation is 1. The molecular weight excluding hydrogens is 332 g/mol. The quantitative estimate of drug-likeness (QED) is 0.866. The number of amides is 2. The molecule has 2 rings (SSSR count). The molecule has 1 aromatic carbocycles. The Bertz CT molecular complexity index is 706. The highest BCUT2D eigenvalue weighted by molar-refractivity contribution is 7.15.